The van der Waals surface area contributed by atoms with Gasteiger partial charge in [0.15, 0.2) is 0 Å². The lowest BCUT2D eigenvalue weighted by atomic mass is 9.87. The standard InChI is InChI=1S/C18H20F2N4O3/c1-23-14-8-10(11-6-7-21-9-18(11,19)20)2-3-12(14)24(17(23)27)13-4-5-15(25)22-16(13)26/h2-3,8,11,13,21H,4-7,9H2,1H3,(H,22,25,26)/t11-,13?/m0/s1. The molecule has 0 spiro atoms. The smallest absolute Gasteiger partial charge is 0.311 e. The summed E-state index contributed by atoms with van der Waals surface area (Å²) >= 11 is 0. The third-order valence-corrected chi connectivity index (χ3v) is 5.52. The molecule has 4 rings (SSSR count). The van der Waals surface area contributed by atoms with Crippen molar-refractivity contribution in [2.75, 3.05) is 13.1 Å². The van der Waals surface area contributed by atoms with Crippen molar-refractivity contribution in [1.29, 1.82) is 0 Å². The van der Waals surface area contributed by atoms with Crippen LogP contribution in [-0.2, 0) is 16.6 Å². The number of halogens is 2. The van der Waals surface area contributed by atoms with Gasteiger partial charge in [0, 0.05) is 13.5 Å². The summed E-state index contributed by atoms with van der Waals surface area (Å²) in [4.78, 5) is 36.3. The van der Waals surface area contributed by atoms with Crippen molar-refractivity contribution in [3.05, 3.63) is 34.2 Å². The minimum Gasteiger partial charge on any atom is -0.311 e. The summed E-state index contributed by atoms with van der Waals surface area (Å²) in [6.45, 7) is 0.139. The number of hydrogen-bond donors (Lipinski definition) is 2. The van der Waals surface area contributed by atoms with Gasteiger partial charge in [0.25, 0.3) is 5.92 Å². The second-order valence-corrected chi connectivity index (χ2v) is 7.21. The summed E-state index contributed by atoms with van der Waals surface area (Å²) < 4.78 is 31.3. The van der Waals surface area contributed by atoms with E-state index in [9.17, 15) is 23.2 Å². The van der Waals surface area contributed by atoms with Crippen LogP contribution in [0.4, 0.5) is 8.78 Å². The summed E-state index contributed by atoms with van der Waals surface area (Å²) in [5.41, 5.74) is 1.06. The summed E-state index contributed by atoms with van der Waals surface area (Å²) in [7, 11) is 1.55. The molecule has 3 heterocycles. The molecule has 2 amide bonds. The number of alkyl halides is 2. The van der Waals surface area contributed by atoms with E-state index in [-0.39, 0.29) is 25.3 Å². The van der Waals surface area contributed by atoms with E-state index in [1.165, 1.54) is 9.13 Å². The number of benzene rings is 1. The maximum Gasteiger partial charge on any atom is 0.329 e. The van der Waals surface area contributed by atoms with Crippen molar-refractivity contribution in [3.63, 3.8) is 0 Å². The Morgan fingerprint density at radius 3 is 2.63 bits per heavy atom. The fraction of sp³-hybridized carbons (Fsp3) is 0.500. The maximum atomic E-state index is 14.3. The molecular weight excluding hydrogens is 358 g/mol. The number of amides is 2. The Balaban J connectivity index is 1.80. The summed E-state index contributed by atoms with van der Waals surface area (Å²) in [5, 5.41) is 4.96. The molecule has 0 aliphatic carbocycles. The van der Waals surface area contributed by atoms with Gasteiger partial charge in [0.05, 0.1) is 23.5 Å². The first-order valence-corrected chi connectivity index (χ1v) is 8.92. The number of imide groups is 1. The number of carbonyl (C=O) groups excluding carboxylic acids is 2. The highest BCUT2D eigenvalue weighted by Crippen LogP contribution is 2.38. The first-order chi connectivity index (χ1) is 12.8. The molecule has 9 heteroatoms. The van der Waals surface area contributed by atoms with Crippen LogP contribution in [0.3, 0.4) is 0 Å². The van der Waals surface area contributed by atoms with Gasteiger partial charge < -0.3 is 5.32 Å². The molecule has 0 radical (unpaired) electrons. The van der Waals surface area contributed by atoms with Crippen molar-refractivity contribution in [3.8, 4) is 0 Å². The molecule has 2 atom stereocenters. The average molecular weight is 378 g/mol. The van der Waals surface area contributed by atoms with Crippen LogP contribution in [0.25, 0.3) is 11.0 Å². The van der Waals surface area contributed by atoms with Gasteiger partial charge in [-0.1, -0.05) is 6.07 Å². The predicted octanol–water partition coefficient (Wildman–Crippen LogP) is 1.03. The van der Waals surface area contributed by atoms with E-state index < -0.39 is 29.5 Å². The van der Waals surface area contributed by atoms with E-state index in [2.05, 4.69) is 10.6 Å². The molecule has 2 aliphatic heterocycles. The maximum absolute atomic E-state index is 14.3. The van der Waals surface area contributed by atoms with Crippen LogP contribution in [0.1, 0.15) is 36.8 Å². The number of fused-ring (bicyclic) bond motifs is 1. The van der Waals surface area contributed by atoms with Crippen LogP contribution in [-0.4, -0.2) is 40.0 Å². The molecule has 27 heavy (non-hydrogen) atoms. The molecule has 2 N–H and O–H groups in total. The van der Waals surface area contributed by atoms with E-state index in [4.69, 9.17) is 0 Å². The predicted molar refractivity (Wildman–Crippen MR) is 93.8 cm³/mol. The van der Waals surface area contributed by atoms with Gasteiger partial charge in [-0.3, -0.25) is 24.0 Å². The van der Waals surface area contributed by atoms with E-state index in [1.807, 2.05) is 0 Å². The molecule has 0 saturated carbocycles. The minimum absolute atomic E-state index is 0.151. The van der Waals surface area contributed by atoms with Gasteiger partial charge in [-0.05, 0) is 37.1 Å². The summed E-state index contributed by atoms with van der Waals surface area (Å²) in [6, 6.07) is 4.05. The highest BCUT2D eigenvalue weighted by Gasteiger charge is 2.42. The van der Waals surface area contributed by atoms with E-state index in [0.717, 1.165) is 0 Å². The highest BCUT2D eigenvalue weighted by molar-refractivity contribution is 6.00. The summed E-state index contributed by atoms with van der Waals surface area (Å²) in [6.07, 6.45) is 0.691. The third kappa shape index (κ3) is 2.86. The molecule has 2 aliphatic rings. The Labute approximate surface area is 153 Å². The Morgan fingerprint density at radius 2 is 1.93 bits per heavy atom. The molecule has 1 aromatic heterocycles. The highest BCUT2D eigenvalue weighted by atomic mass is 19.3. The van der Waals surface area contributed by atoms with Crippen LogP contribution in [0.15, 0.2) is 23.0 Å². The Hall–Kier alpha value is -2.55. The van der Waals surface area contributed by atoms with E-state index in [0.29, 0.717) is 29.6 Å². The number of piperidine rings is 2. The van der Waals surface area contributed by atoms with Crippen LogP contribution in [0.5, 0.6) is 0 Å². The molecular formula is C18H20F2N4O3. The van der Waals surface area contributed by atoms with Crippen LogP contribution in [0.2, 0.25) is 0 Å². The van der Waals surface area contributed by atoms with Crippen molar-refractivity contribution in [1.82, 2.24) is 19.8 Å². The van der Waals surface area contributed by atoms with Crippen LogP contribution >= 0.6 is 0 Å². The first-order valence-electron chi connectivity index (χ1n) is 8.92. The monoisotopic (exact) mass is 378 g/mol. The fourth-order valence-corrected chi connectivity index (χ4v) is 4.07. The van der Waals surface area contributed by atoms with Gasteiger partial charge in [0.2, 0.25) is 11.8 Å². The topological polar surface area (TPSA) is 85.1 Å². The lowest BCUT2D eigenvalue weighted by Crippen LogP contribution is -2.44. The lowest BCUT2D eigenvalue weighted by Gasteiger charge is -2.32. The zero-order valence-electron chi connectivity index (χ0n) is 14.8. The lowest BCUT2D eigenvalue weighted by molar-refractivity contribution is -0.135. The molecule has 7 nitrogen and oxygen atoms in total. The minimum atomic E-state index is -2.86. The Morgan fingerprint density at radius 1 is 1.15 bits per heavy atom. The van der Waals surface area contributed by atoms with Crippen molar-refractivity contribution < 1.29 is 18.4 Å². The molecule has 2 fully saturated rings. The largest absolute Gasteiger partial charge is 0.329 e. The van der Waals surface area contributed by atoms with Gasteiger partial charge in [-0.25, -0.2) is 13.6 Å². The average Bonchev–Trinajstić information content (AvgIpc) is 2.86. The Kier molecular flexibility index (Phi) is 4.14. The number of carbonyl (C=O) groups is 2. The van der Waals surface area contributed by atoms with Crippen LogP contribution in [0, 0.1) is 0 Å². The first kappa shape index (κ1) is 17.8. The van der Waals surface area contributed by atoms with Crippen molar-refractivity contribution in [2.24, 2.45) is 7.05 Å². The molecule has 1 unspecified atom stereocenters. The zero-order valence-corrected chi connectivity index (χ0v) is 14.8. The number of nitrogens with one attached hydrogen (secondary N) is 2. The summed E-state index contributed by atoms with van der Waals surface area (Å²) in [5.74, 6) is -4.66. The normalized spacial score (nSPS) is 25.6. The third-order valence-electron chi connectivity index (χ3n) is 5.52. The zero-order chi connectivity index (χ0) is 19.3. The quantitative estimate of drug-likeness (QED) is 0.765. The molecule has 1 aromatic carbocycles. The van der Waals surface area contributed by atoms with Gasteiger partial charge >= 0.3 is 5.69 Å². The number of hydrogen-bond acceptors (Lipinski definition) is 4. The van der Waals surface area contributed by atoms with Gasteiger partial charge in [-0.15, -0.1) is 0 Å². The number of imidazole rings is 1. The molecule has 2 saturated heterocycles. The Bertz CT molecular complexity index is 994. The second kappa shape index (κ2) is 6.26. The molecule has 144 valence electrons. The molecule has 2 aromatic rings. The molecule has 0 bridgehead atoms. The van der Waals surface area contributed by atoms with Crippen LogP contribution < -0.4 is 16.3 Å². The fourth-order valence-electron chi connectivity index (χ4n) is 4.07. The van der Waals surface area contributed by atoms with Gasteiger partial charge in [0.1, 0.15) is 6.04 Å². The van der Waals surface area contributed by atoms with Crippen molar-refractivity contribution in [2.45, 2.75) is 37.1 Å². The van der Waals surface area contributed by atoms with E-state index >= 15 is 0 Å². The number of aryl methyl sites for hydroxylation is 1. The van der Waals surface area contributed by atoms with Gasteiger partial charge in [-0.2, -0.15) is 0 Å². The second-order valence-electron chi connectivity index (χ2n) is 7.21. The number of rotatable bonds is 2. The van der Waals surface area contributed by atoms with Crippen molar-refractivity contribution >= 4 is 22.8 Å². The number of nitrogens with zero attached hydrogens (tertiary/aromatic N) is 2. The van der Waals surface area contributed by atoms with E-state index in [1.54, 1.807) is 25.2 Å². The SMILES string of the molecule is Cn1c(=O)n(C2CCC(=O)NC2=O)c2ccc([C@@H]3CCNCC3(F)F)cc21. The number of aromatic nitrogens is 2.